The van der Waals surface area contributed by atoms with Crippen LogP contribution < -0.4 is 0 Å². The van der Waals surface area contributed by atoms with Gasteiger partial charge in [-0.1, -0.05) is 6.92 Å². The summed E-state index contributed by atoms with van der Waals surface area (Å²) in [6, 6.07) is 0. The third kappa shape index (κ3) is 28.8. The van der Waals surface area contributed by atoms with Gasteiger partial charge in [0.2, 0.25) is 0 Å². The van der Waals surface area contributed by atoms with Crippen LogP contribution in [0, 0.1) is 0 Å². The summed E-state index contributed by atoms with van der Waals surface area (Å²) in [6.07, 6.45) is 40.1. The van der Waals surface area contributed by atoms with E-state index in [1.54, 1.807) is 0 Å². The first kappa shape index (κ1) is 42.8. The summed E-state index contributed by atoms with van der Waals surface area (Å²) in [7, 11) is -2.01. The van der Waals surface area contributed by atoms with Crippen LogP contribution in [-0.4, -0.2) is 48.4 Å². The van der Waals surface area contributed by atoms with E-state index < -0.39 is 7.49 Å². The van der Waals surface area contributed by atoms with Crippen LogP contribution in [0.1, 0.15) is 207 Å². The number of rotatable bonds is 32. The van der Waals surface area contributed by atoms with E-state index in [-0.39, 0.29) is 29.9 Å². The molecule has 0 aromatic carbocycles. The van der Waals surface area contributed by atoms with Crippen molar-refractivity contribution in [2.45, 2.75) is 207 Å². The Kier molecular flexibility index (Phi) is 36.6. The molecule has 0 aromatic heterocycles. The third-order valence-electron chi connectivity index (χ3n) is 8.77. The van der Waals surface area contributed by atoms with Crippen molar-refractivity contribution in [1.82, 2.24) is 0 Å². The molecule has 0 saturated heterocycles. The summed E-state index contributed by atoms with van der Waals surface area (Å²) in [4.78, 5) is 13.2. The van der Waals surface area contributed by atoms with Gasteiger partial charge in [-0.3, -0.25) is 0 Å². The number of carbonyl (C=O) groups is 1. The number of hydrogen-bond donors (Lipinski definition) is 0. The SMILES string of the molecule is CCCCCCCCCCCC(=O)O[PH](CCCCCCCC)(CCCCCCCC)CCCCCCCC.[SnH2]. The fourth-order valence-corrected chi connectivity index (χ4v) is 10.4. The van der Waals surface area contributed by atoms with Crippen LogP contribution in [0.15, 0.2) is 0 Å². The van der Waals surface area contributed by atoms with Gasteiger partial charge in [-0.05, 0) is 0 Å². The van der Waals surface area contributed by atoms with Crippen molar-refractivity contribution < 1.29 is 9.32 Å². The van der Waals surface area contributed by atoms with Crippen molar-refractivity contribution in [1.29, 1.82) is 0 Å². The second-order valence-corrected chi connectivity index (χ2v) is 16.9. The van der Waals surface area contributed by atoms with Crippen molar-refractivity contribution in [3.8, 4) is 0 Å². The molecular formula is C36H77O2PSn. The first-order valence-corrected chi connectivity index (χ1v) is 20.9. The molecule has 0 rings (SSSR count). The van der Waals surface area contributed by atoms with E-state index in [9.17, 15) is 4.79 Å². The van der Waals surface area contributed by atoms with Gasteiger partial charge in [-0.15, -0.1) is 0 Å². The summed E-state index contributed by atoms with van der Waals surface area (Å²) < 4.78 is 6.69. The van der Waals surface area contributed by atoms with Crippen molar-refractivity contribution in [3.05, 3.63) is 0 Å². The number of hydrogen-bond acceptors (Lipinski definition) is 2. The van der Waals surface area contributed by atoms with Gasteiger partial charge >= 0.3 is 266 Å². The Morgan fingerprint density at radius 3 is 0.950 bits per heavy atom. The summed E-state index contributed by atoms with van der Waals surface area (Å²) in [5.74, 6) is 0.160. The van der Waals surface area contributed by atoms with Gasteiger partial charge in [0, 0.05) is 0 Å². The molecule has 0 N–H and O–H groups in total. The molecule has 0 fully saturated rings. The molecule has 0 aromatic rings. The van der Waals surface area contributed by atoms with Crippen molar-refractivity contribution >= 4 is 37.4 Å². The molecule has 4 heteroatoms. The predicted molar refractivity (Wildman–Crippen MR) is 190 cm³/mol. The fraction of sp³-hybridized carbons (Fsp3) is 0.972. The Morgan fingerprint density at radius 2 is 0.650 bits per heavy atom. The molecule has 0 amide bonds. The van der Waals surface area contributed by atoms with E-state index in [1.807, 2.05) is 0 Å². The maximum atomic E-state index is 13.2. The molecule has 0 aliphatic rings. The number of carbonyl (C=O) groups excluding carboxylic acids is 1. The van der Waals surface area contributed by atoms with Gasteiger partial charge in [-0.2, -0.15) is 0 Å². The summed E-state index contributed by atoms with van der Waals surface area (Å²) >= 11 is 0. The quantitative estimate of drug-likeness (QED) is 0.0399. The number of unbranched alkanes of at least 4 members (excludes halogenated alkanes) is 23. The first-order valence-electron chi connectivity index (χ1n) is 18.4. The van der Waals surface area contributed by atoms with Crippen molar-refractivity contribution in [3.63, 3.8) is 0 Å². The van der Waals surface area contributed by atoms with E-state index in [0.717, 1.165) is 6.42 Å². The summed E-state index contributed by atoms with van der Waals surface area (Å²) in [5, 5.41) is 0. The Balaban J connectivity index is 0. The molecule has 0 heterocycles. The average molecular weight is 692 g/mol. The molecule has 0 unspecified atom stereocenters. The molecule has 0 saturated carbocycles. The summed E-state index contributed by atoms with van der Waals surface area (Å²) in [5.41, 5.74) is 0. The molecule has 0 aliphatic heterocycles. The van der Waals surface area contributed by atoms with Crippen LogP contribution >= 0.6 is 7.49 Å². The summed E-state index contributed by atoms with van der Waals surface area (Å²) in [6.45, 7) is 9.18. The zero-order valence-electron chi connectivity index (χ0n) is 28.4. The maximum absolute atomic E-state index is 13.2. The fourth-order valence-electron chi connectivity index (χ4n) is 6.08. The van der Waals surface area contributed by atoms with Gasteiger partial charge in [0.25, 0.3) is 0 Å². The molecule has 0 aliphatic carbocycles. The van der Waals surface area contributed by atoms with Crippen molar-refractivity contribution in [2.75, 3.05) is 18.5 Å². The molecular weight excluding hydrogens is 614 g/mol. The van der Waals surface area contributed by atoms with Gasteiger partial charge in [0.05, 0.1) is 0 Å². The monoisotopic (exact) mass is 692 g/mol. The minimum absolute atomic E-state index is 0. The normalized spacial score (nSPS) is 11.9. The molecule has 0 atom stereocenters. The van der Waals surface area contributed by atoms with Crippen LogP contribution in [0.2, 0.25) is 0 Å². The van der Waals surface area contributed by atoms with Gasteiger partial charge in [0.15, 0.2) is 0 Å². The zero-order valence-corrected chi connectivity index (χ0v) is 33.5. The van der Waals surface area contributed by atoms with Gasteiger partial charge in [-0.25, -0.2) is 0 Å². The van der Waals surface area contributed by atoms with E-state index in [1.165, 1.54) is 185 Å². The third-order valence-corrected chi connectivity index (χ3v) is 13.2. The van der Waals surface area contributed by atoms with Crippen LogP contribution in [0.25, 0.3) is 0 Å². The van der Waals surface area contributed by atoms with Gasteiger partial charge < -0.3 is 0 Å². The van der Waals surface area contributed by atoms with Crippen molar-refractivity contribution in [2.24, 2.45) is 0 Å². The van der Waals surface area contributed by atoms with Crippen LogP contribution in [-0.2, 0) is 9.32 Å². The molecule has 0 spiro atoms. The van der Waals surface area contributed by atoms with Crippen LogP contribution in [0.3, 0.4) is 0 Å². The van der Waals surface area contributed by atoms with Crippen LogP contribution in [0.5, 0.6) is 0 Å². The Bertz CT molecular complexity index is 458. The second-order valence-electron chi connectivity index (χ2n) is 12.8. The first-order chi connectivity index (χ1) is 19.1. The predicted octanol–water partition coefficient (Wildman–Crippen LogP) is 12.3. The van der Waals surface area contributed by atoms with Crippen LogP contribution in [0.4, 0.5) is 0 Å². The molecule has 242 valence electrons. The average Bonchev–Trinajstić information content (AvgIpc) is 2.93. The van der Waals surface area contributed by atoms with E-state index >= 15 is 0 Å². The zero-order chi connectivity index (χ0) is 28.7. The molecule has 40 heavy (non-hydrogen) atoms. The Morgan fingerprint density at radius 1 is 0.400 bits per heavy atom. The Hall–Kier alpha value is 0.699. The molecule has 2 nitrogen and oxygen atoms in total. The molecule has 0 bridgehead atoms. The topological polar surface area (TPSA) is 26.3 Å². The van der Waals surface area contributed by atoms with E-state index in [4.69, 9.17) is 4.52 Å². The molecule has 2 radical (unpaired) electrons. The Labute approximate surface area is 271 Å². The second kappa shape index (κ2) is 34.2. The standard InChI is InChI=1S/C36H75O2P.Sn.2H/c1-5-9-13-17-21-22-23-24-28-32-36(37)38-39(33-29-25-18-14-10-6-2,34-30-26-19-15-11-7-3)35-31-27-20-16-12-8-4;;;/h39H,5-35H2,1-4H3;;;. The van der Waals surface area contributed by atoms with E-state index in [2.05, 4.69) is 27.7 Å². The minimum atomic E-state index is -2.01. The van der Waals surface area contributed by atoms with Gasteiger partial charge in [0.1, 0.15) is 0 Å². The van der Waals surface area contributed by atoms with E-state index in [0.29, 0.717) is 6.42 Å².